The van der Waals surface area contributed by atoms with Crippen LogP contribution in [0.25, 0.3) is 0 Å². The molecule has 3 heterocycles. The first-order valence-corrected chi connectivity index (χ1v) is 9.16. The Morgan fingerprint density at radius 1 is 1.19 bits per heavy atom. The molecule has 0 radical (unpaired) electrons. The molecule has 1 aliphatic heterocycles. The maximum Gasteiger partial charge on any atom is 0.270 e. The summed E-state index contributed by atoms with van der Waals surface area (Å²) in [6, 6.07) is 13.1. The van der Waals surface area contributed by atoms with E-state index in [9.17, 15) is 4.79 Å². The number of nitrogens with one attached hydrogen (secondary N) is 2. The second kappa shape index (κ2) is 7.57. The molecule has 1 aromatic carbocycles. The molecule has 2 aromatic heterocycles. The molecule has 4 rings (SSSR count). The van der Waals surface area contributed by atoms with Crippen LogP contribution in [0.4, 0.5) is 5.69 Å². The predicted octanol–water partition coefficient (Wildman–Crippen LogP) is 2.63. The number of hydrogen-bond acceptors (Lipinski definition) is 5. The minimum Gasteiger partial charge on any atom is -0.371 e. The van der Waals surface area contributed by atoms with Gasteiger partial charge in [0.15, 0.2) is 5.82 Å². The molecule has 0 bridgehead atoms. The second-order valence-corrected chi connectivity index (χ2v) is 6.69. The Bertz CT molecular complexity index is 917. The van der Waals surface area contributed by atoms with E-state index in [1.165, 1.54) is 12.8 Å². The lowest BCUT2D eigenvalue weighted by atomic mass is 10.1. The first-order valence-electron chi connectivity index (χ1n) is 9.16. The quantitative estimate of drug-likeness (QED) is 0.729. The van der Waals surface area contributed by atoms with Gasteiger partial charge in [0.05, 0.1) is 0 Å². The summed E-state index contributed by atoms with van der Waals surface area (Å²) in [5, 5.41) is 10.1. The van der Waals surface area contributed by atoms with Gasteiger partial charge in [-0.1, -0.05) is 30.3 Å². The van der Waals surface area contributed by atoms with E-state index in [4.69, 9.17) is 0 Å². The number of hydrogen-bond donors (Lipinski definition) is 2. The minimum absolute atomic E-state index is 0.243. The van der Waals surface area contributed by atoms with Crippen molar-refractivity contribution in [1.82, 2.24) is 25.5 Å². The van der Waals surface area contributed by atoms with Crippen molar-refractivity contribution in [2.75, 3.05) is 18.0 Å². The van der Waals surface area contributed by atoms with Gasteiger partial charge < -0.3 is 10.2 Å². The van der Waals surface area contributed by atoms with Crippen LogP contribution in [0.1, 0.15) is 46.6 Å². The summed E-state index contributed by atoms with van der Waals surface area (Å²) in [6.45, 7) is 3.88. The molecule has 1 saturated heterocycles. The first kappa shape index (κ1) is 17.2. The Morgan fingerprint density at radius 2 is 1.96 bits per heavy atom. The van der Waals surface area contributed by atoms with Gasteiger partial charge in [-0.05, 0) is 37.5 Å². The first-order chi connectivity index (χ1) is 13.2. The van der Waals surface area contributed by atoms with Crippen LogP contribution in [-0.4, -0.2) is 39.2 Å². The molecule has 1 amide bonds. The van der Waals surface area contributed by atoms with Crippen LogP contribution in [0.2, 0.25) is 0 Å². The third-order valence-electron chi connectivity index (χ3n) is 4.73. The standard InChI is InChI=1S/C20H22N6O/c1-14-22-19(25-24-14)18(15-7-3-2-4-8-15)23-20(27)17-13-16(9-10-21-17)26-11-5-6-12-26/h2-4,7-10,13,18H,5-6,11-12H2,1H3,(H,23,27)(H,22,24,25). The van der Waals surface area contributed by atoms with Gasteiger partial charge in [-0.2, -0.15) is 5.10 Å². The van der Waals surface area contributed by atoms with Gasteiger partial charge in [0.1, 0.15) is 17.6 Å². The van der Waals surface area contributed by atoms with Gasteiger partial charge in [-0.3, -0.25) is 14.9 Å². The third kappa shape index (κ3) is 3.81. The van der Waals surface area contributed by atoms with Crippen LogP contribution in [0.5, 0.6) is 0 Å². The maximum atomic E-state index is 12.9. The number of amides is 1. The Labute approximate surface area is 157 Å². The summed E-state index contributed by atoms with van der Waals surface area (Å²) < 4.78 is 0. The van der Waals surface area contributed by atoms with E-state index in [2.05, 4.69) is 30.4 Å². The Morgan fingerprint density at radius 3 is 2.67 bits per heavy atom. The topological polar surface area (TPSA) is 86.8 Å². The highest BCUT2D eigenvalue weighted by atomic mass is 16.2. The number of aromatic nitrogens is 4. The molecule has 7 heteroatoms. The van der Waals surface area contributed by atoms with E-state index in [0.29, 0.717) is 17.3 Å². The van der Waals surface area contributed by atoms with E-state index in [-0.39, 0.29) is 5.91 Å². The maximum absolute atomic E-state index is 12.9. The van der Waals surface area contributed by atoms with Gasteiger partial charge in [0, 0.05) is 25.0 Å². The van der Waals surface area contributed by atoms with E-state index in [0.717, 1.165) is 24.3 Å². The van der Waals surface area contributed by atoms with E-state index in [1.807, 2.05) is 49.4 Å². The van der Waals surface area contributed by atoms with Gasteiger partial charge in [-0.25, -0.2) is 4.98 Å². The smallest absolute Gasteiger partial charge is 0.270 e. The number of benzene rings is 1. The number of nitrogens with zero attached hydrogens (tertiary/aromatic N) is 4. The zero-order valence-electron chi connectivity index (χ0n) is 15.2. The van der Waals surface area contributed by atoms with Crippen LogP contribution >= 0.6 is 0 Å². The monoisotopic (exact) mass is 362 g/mol. The lowest BCUT2D eigenvalue weighted by Crippen LogP contribution is -2.31. The fourth-order valence-electron chi connectivity index (χ4n) is 3.35. The molecule has 0 aliphatic carbocycles. The number of aryl methyl sites for hydroxylation is 1. The highest BCUT2D eigenvalue weighted by molar-refractivity contribution is 5.93. The molecule has 1 fully saturated rings. The van der Waals surface area contributed by atoms with E-state index >= 15 is 0 Å². The van der Waals surface area contributed by atoms with Crippen molar-refractivity contribution >= 4 is 11.6 Å². The van der Waals surface area contributed by atoms with Crippen LogP contribution in [0.15, 0.2) is 48.7 Å². The Hall–Kier alpha value is -3.22. The number of carbonyl (C=O) groups excluding carboxylic acids is 1. The number of rotatable bonds is 5. The highest BCUT2D eigenvalue weighted by Crippen LogP contribution is 2.22. The zero-order valence-corrected chi connectivity index (χ0v) is 15.2. The second-order valence-electron chi connectivity index (χ2n) is 6.69. The molecule has 2 N–H and O–H groups in total. The van der Waals surface area contributed by atoms with Gasteiger partial charge >= 0.3 is 0 Å². The van der Waals surface area contributed by atoms with Gasteiger partial charge in [0.25, 0.3) is 5.91 Å². The van der Waals surface area contributed by atoms with Crippen molar-refractivity contribution < 1.29 is 4.79 Å². The lowest BCUT2D eigenvalue weighted by Gasteiger charge is -2.19. The summed E-state index contributed by atoms with van der Waals surface area (Å²) in [7, 11) is 0. The van der Waals surface area contributed by atoms with Gasteiger partial charge in [0.2, 0.25) is 0 Å². The molecule has 7 nitrogen and oxygen atoms in total. The summed E-state index contributed by atoms with van der Waals surface area (Å²) >= 11 is 0. The number of anilines is 1. The van der Waals surface area contributed by atoms with Crippen LogP contribution in [-0.2, 0) is 0 Å². The van der Waals surface area contributed by atoms with Crippen molar-refractivity contribution in [2.24, 2.45) is 0 Å². The predicted molar refractivity (Wildman–Crippen MR) is 103 cm³/mol. The fraction of sp³-hybridized carbons (Fsp3) is 0.300. The van der Waals surface area contributed by atoms with Gasteiger partial charge in [-0.15, -0.1) is 0 Å². The highest BCUT2D eigenvalue weighted by Gasteiger charge is 2.23. The third-order valence-corrected chi connectivity index (χ3v) is 4.73. The molecular formula is C20H22N6O. The van der Waals surface area contributed by atoms with Crippen molar-refractivity contribution in [1.29, 1.82) is 0 Å². The molecular weight excluding hydrogens is 340 g/mol. The van der Waals surface area contributed by atoms with Crippen molar-refractivity contribution in [3.63, 3.8) is 0 Å². The number of aromatic amines is 1. The average molecular weight is 362 g/mol. The summed E-state index contributed by atoms with van der Waals surface area (Å²) in [5.74, 6) is 0.990. The molecule has 138 valence electrons. The number of H-pyrrole nitrogens is 1. The average Bonchev–Trinajstić information content (AvgIpc) is 3.39. The van der Waals surface area contributed by atoms with E-state index in [1.54, 1.807) is 6.20 Å². The molecule has 0 spiro atoms. The molecule has 1 atom stereocenters. The molecule has 27 heavy (non-hydrogen) atoms. The minimum atomic E-state index is -0.444. The molecule has 1 aliphatic rings. The van der Waals surface area contributed by atoms with Crippen LogP contribution < -0.4 is 10.2 Å². The molecule has 0 saturated carbocycles. The van der Waals surface area contributed by atoms with Crippen molar-refractivity contribution in [3.05, 3.63) is 71.6 Å². The Kier molecular flexibility index (Phi) is 4.82. The molecule has 1 unspecified atom stereocenters. The number of pyridine rings is 1. The van der Waals surface area contributed by atoms with Crippen molar-refractivity contribution in [2.45, 2.75) is 25.8 Å². The lowest BCUT2D eigenvalue weighted by molar-refractivity contribution is 0.0936. The Balaban J connectivity index is 1.59. The normalized spacial score (nSPS) is 14.9. The number of carbonyl (C=O) groups is 1. The largest absolute Gasteiger partial charge is 0.371 e. The van der Waals surface area contributed by atoms with E-state index < -0.39 is 6.04 Å². The summed E-state index contributed by atoms with van der Waals surface area (Å²) in [6.07, 6.45) is 4.06. The summed E-state index contributed by atoms with van der Waals surface area (Å²) in [4.78, 5) is 23.9. The van der Waals surface area contributed by atoms with Crippen LogP contribution in [0, 0.1) is 6.92 Å². The SMILES string of the molecule is Cc1nc(C(NC(=O)c2cc(N3CCCC3)ccn2)c2ccccc2)n[nH]1. The van der Waals surface area contributed by atoms with Crippen LogP contribution in [0.3, 0.4) is 0 Å². The molecule has 3 aromatic rings. The summed E-state index contributed by atoms with van der Waals surface area (Å²) in [5.41, 5.74) is 2.35. The van der Waals surface area contributed by atoms with Crippen molar-refractivity contribution in [3.8, 4) is 0 Å². The fourth-order valence-corrected chi connectivity index (χ4v) is 3.35. The zero-order chi connectivity index (χ0) is 18.6.